The number of ether oxygens (including phenoxy) is 1. The average Bonchev–Trinajstić information content (AvgIpc) is 2.43. The SMILES string of the molecule is CC1CN(c2ccc3cnccc3c2N)C(C)CO1. The maximum atomic E-state index is 6.35. The Kier molecular flexibility index (Phi) is 3.03. The summed E-state index contributed by atoms with van der Waals surface area (Å²) in [6.45, 7) is 5.89. The zero-order chi connectivity index (χ0) is 13.4. The van der Waals surface area contributed by atoms with Crippen molar-refractivity contribution in [2.75, 3.05) is 23.8 Å². The van der Waals surface area contributed by atoms with Crippen LogP contribution in [0.4, 0.5) is 11.4 Å². The quantitative estimate of drug-likeness (QED) is 0.797. The van der Waals surface area contributed by atoms with Crippen LogP contribution in [0.1, 0.15) is 13.8 Å². The van der Waals surface area contributed by atoms with Crippen LogP contribution in [0.3, 0.4) is 0 Å². The normalized spacial score (nSPS) is 23.8. The molecule has 2 heterocycles. The summed E-state index contributed by atoms with van der Waals surface area (Å²) in [6.07, 6.45) is 3.87. The van der Waals surface area contributed by atoms with Crippen molar-refractivity contribution in [1.82, 2.24) is 4.98 Å². The molecule has 1 aliphatic heterocycles. The van der Waals surface area contributed by atoms with Gasteiger partial charge in [-0.25, -0.2) is 0 Å². The van der Waals surface area contributed by atoms with Crippen LogP contribution in [0, 0.1) is 0 Å². The molecule has 0 aliphatic carbocycles. The van der Waals surface area contributed by atoms with Gasteiger partial charge in [0.1, 0.15) is 0 Å². The van der Waals surface area contributed by atoms with E-state index in [1.54, 1.807) is 6.20 Å². The second kappa shape index (κ2) is 4.70. The van der Waals surface area contributed by atoms with E-state index in [2.05, 4.69) is 35.9 Å². The minimum Gasteiger partial charge on any atom is -0.397 e. The van der Waals surface area contributed by atoms with Gasteiger partial charge in [0.2, 0.25) is 0 Å². The van der Waals surface area contributed by atoms with Crippen LogP contribution >= 0.6 is 0 Å². The lowest BCUT2D eigenvalue weighted by molar-refractivity contribution is 0.0344. The molecule has 4 heteroatoms. The second-order valence-corrected chi connectivity index (χ2v) is 5.24. The van der Waals surface area contributed by atoms with Crippen molar-refractivity contribution in [3.63, 3.8) is 0 Å². The summed E-state index contributed by atoms with van der Waals surface area (Å²) in [5, 5.41) is 2.15. The van der Waals surface area contributed by atoms with E-state index in [4.69, 9.17) is 10.5 Å². The third kappa shape index (κ3) is 2.12. The van der Waals surface area contributed by atoms with Gasteiger partial charge in [-0.3, -0.25) is 4.98 Å². The van der Waals surface area contributed by atoms with Gasteiger partial charge in [-0.2, -0.15) is 0 Å². The number of rotatable bonds is 1. The Hall–Kier alpha value is -1.81. The van der Waals surface area contributed by atoms with Crippen LogP contribution < -0.4 is 10.6 Å². The molecule has 2 aromatic rings. The van der Waals surface area contributed by atoms with Crippen LogP contribution in [0.2, 0.25) is 0 Å². The molecular formula is C15H19N3O. The van der Waals surface area contributed by atoms with E-state index in [0.29, 0.717) is 6.04 Å². The molecule has 2 N–H and O–H groups in total. The predicted molar refractivity (Wildman–Crippen MR) is 78.4 cm³/mol. The molecule has 0 radical (unpaired) electrons. The Morgan fingerprint density at radius 3 is 3.00 bits per heavy atom. The molecule has 1 aromatic heterocycles. The Labute approximate surface area is 113 Å². The summed E-state index contributed by atoms with van der Waals surface area (Å²) >= 11 is 0. The molecule has 1 aliphatic rings. The minimum atomic E-state index is 0.240. The molecule has 3 rings (SSSR count). The van der Waals surface area contributed by atoms with Crippen molar-refractivity contribution in [3.05, 3.63) is 30.6 Å². The van der Waals surface area contributed by atoms with Crippen LogP contribution in [-0.2, 0) is 4.74 Å². The van der Waals surface area contributed by atoms with Gasteiger partial charge in [-0.15, -0.1) is 0 Å². The fraction of sp³-hybridized carbons (Fsp3) is 0.400. The summed E-state index contributed by atoms with van der Waals surface area (Å²) in [7, 11) is 0. The second-order valence-electron chi connectivity index (χ2n) is 5.24. The molecule has 2 unspecified atom stereocenters. The Morgan fingerprint density at radius 1 is 1.32 bits per heavy atom. The largest absolute Gasteiger partial charge is 0.397 e. The fourth-order valence-corrected chi connectivity index (χ4v) is 2.67. The van der Waals surface area contributed by atoms with E-state index >= 15 is 0 Å². The Balaban J connectivity index is 2.07. The van der Waals surface area contributed by atoms with Crippen molar-refractivity contribution in [1.29, 1.82) is 0 Å². The van der Waals surface area contributed by atoms with Gasteiger partial charge in [0, 0.05) is 35.8 Å². The lowest BCUT2D eigenvalue weighted by Crippen LogP contribution is -2.47. The number of morpholine rings is 1. The van der Waals surface area contributed by atoms with Crippen LogP contribution in [-0.4, -0.2) is 30.3 Å². The van der Waals surface area contributed by atoms with Crippen LogP contribution in [0.5, 0.6) is 0 Å². The van der Waals surface area contributed by atoms with Crippen molar-refractivity contribution < 1.29 is 4.74 Å². The van der Waals surface area contributed by atoms with Crippen molar-refractivity contribution >= 4 is 22.1 Å². The van der Waals surface area contributed by atoms with E-state index in [-0.39, 0.29) is 6.10 Å². The van der Waals surface area contributed by atoms with Gasteiger partial charge in [0.05, 0.1) is 24.1 Å². The highest BCUT2D eigenvalue weighted by atomic mass is 16.5. The molecule has 100 valence electrons. The predicted octanol–water partition coefficient (Wildman–Crippen LogP) is 2.43. The summed E-state index contributed by atoms with van der Waals surface area (Å²) in [5.74, 6) is 0. The van der Waals surface area contributed by atoms with Gasteiger partial charge in [-0.05, 0) is 26.0 Å². The molecule has 0 amide bonds. The van der Waals surface area contributed by atoms with Gasteiger partial charge in [-0.1, -0.05) is 6.07 Å². The summed E-state index contributed by atoms with van der Waals surface area (Å²) < 4.78 is 5.68. The number of nitrogen functional groups attached to an aromatic ring is 1. The highest BCUT2D eigenvalue weighted by Gasteiger charge is 2.25. The zero-order valence-electron chi connectivity index (χ0n) is 11.3. The number of nitrogens with zero attached hydrogens (tertiary/aromatic N) is 2. The van der Waals surface area contributed by atoms with E-state index in [1.807, 2.05) is 12.3 Å². The number of hydrogen-bond donors (Lipinski definition) is 1. The van der Waals surface area contributed by atoms with Crippen molar-refractivity contribution in [2.45, 2.75) is 26.0 Å². The molecule has 1 aromatic carbocycles. The fourth-order valence-electron chi connectivity index (χ4n) is 2.67. The van der Waals surface area contributed by atoms with Crippen molar-refractivity contribution in [2.24, 2.45) is 0 Å². The highest BCUT2D eigenvalue weighted by molar-refractivity contribution is 5.98. The Bertz CT molecular complexity index is 599. The van der Waals surface area contributed by atoms with Crippen LogP contribution in [0.15, 0.2) is 30.6 Å². The molecule has 0 saturated carbocycles. The minimum absolute atomic E-state index is 0.240. The van der Waals surface area contributed by atoms with Gasteiger partial charge < -0.3 is 15.4 Å². The standard InChI is InChI=1S/C15H19N3O/c1-10-9-19-11(2)8-18(10)14-4-3-12-7-17-6-5-13(12)15(14)16/h3-7,10-11H,8-9,16H2,1-2H3. The number of pyridine rings is 1. The summed E-state index contributed by atoms with van der Waals surface area (Å²) in [5.41, 5.74) is 8.28. The topological polar surface area (TPSA) is 51.4 Å². The average molecular weight is 257 g/mol. The van der Waals surface area contributed by atoms with Crippen LogP contribution in [0.25, 0.3) is 10.8 Å². The first-order chi connectivity index (χ1) is 9.16. The molecule has 2 atom stereocenters. The number of fused-ring (bicyclic) bond motifs is 1. The van der Waals surface area contributed by atoms with Gasteiger partial charge in [0.15, 0.2) is 0 Å². The molecule has 1 fully saturated rings. The van der Waals surface area contributed by atoms with E-state index in [0.717, 1.165) is 35.3 Å². The van der Waals surface area contributed by atoms with Crippen molar-refractivity contribution in [3.8, 4) is 0 Å². The molecule has 4 nitrogen and oxygen atoms in total. The number of nitrogens with two attached hydrogens (primary N) is 1. The zero-order valence-corrected chi connectivity index (χ0v) is 11.3. The lowest BCUT2D eigenvalue weighted by Gasteiger charge is -2.39. The lowest BCUT2D eigenvalue weighted by atomic mass is 10.1. The van der Waals surface area contributed by atoms with E-state index in [1.165, 1.54) is 0 Å². The highest BCUT2D eigenvalue weighted by Crippen LogP contribution is 2.33. The Morgan fingerprint density at radius 2 is 2.16 bits per heavy atom. The van der Waals surface area contributed by atoms with Gasteiger partial charge in [0.25, 0.3) is 0 Å². The summed E-state index contributed by atoms with van der Waals surface area (Å²) in [6, 6.07) is 6.50. The number of hydrogen-bond acceptors (Lipinski definition) is 4. The number of benzene rings is 1. The molecule has 0 bridgehead atoms. The first-order valence-electron chi connectivity index (χ1n) is 6.67. The summed E-state index contributed by atoms with van der Waals surface area (Å²) in [4.78, 5) is 6.47. The number of anilines is 2. The first kappa shape index (κ1) is 12.2. The molecular weight excluding hydrogens is 238 g/mol. The smallest absolute Gasteiger partial charge is 0.0723 e. The van der Waals surface area contributed by atoms with Gasteiger partial charge >= 0.3 is 0 Å². The van der Waals surface area contributed by atoms with E-state index < -0.39 is 0 Å². The maximum absolute atomic E-state index is 6.35. The third-order valence-electron chi connectivity index (χ3n) is 3.76. The molecule has 19 heavy (non-hydrogen) atoms. The molecule has 1 saturated heterocycles. The monoisotopic (exact) mass is 257 g/mol. The third-order valence-corrected chi connectivity index (χ3v) is 3.76. The van der Waals surface area contributed by atoms with E-state index in [9.17, 15) is 0 Å². The first-order valence-corrected chi connectivity index (χ1v) is 6.67. The maximum Gasteiger partial charge on any atom is 0.0723 e. The molecule has 0 spiro atoms. The number of aromatic nitrogens is 1.